The minimum Gasteiger partial charge on any atom is -0.383 e. The highest BCUT2D eigenvalue weighted by Gasteiger charge is 2.31. The minimum atomic E-state index is -3.55. The molecule has 0 bridgehead atoms. The van der Waals surface area contributed by atoms with E-state index in [1.165, 1.54) is 11.3 Å². The molecule has 0 saturated carbocycles. The summed E-state index contributed by atoms with van der Waals surface area (Å²) in [4.78, 5) is 5.99. The monoisotopic (exact) mass is 485 g/mol. The number of sulfonamides is 1. The Morgan fingerprint density at radius 1 is 1.06 bits per heavy atom. The summed E-state index contributed by atoms with van der Waals surface area (Å²) in [6.07, 6.45) is 1.06. The van der Waals surface area contributed by atoms with Crippen LogP contribution in [0.3, 0.4) is 0 Å². The zero-order chi connectivity index (χ0) is 23.4. The molecule has 2 atom stereocenters. The van der Waals surface area contributed by atoms with E-state index in [4.69, 9.17) is 9.73 Å². The summed E-state index contributed by atoms with van der Waals surface area (Å²) in [5.74, 6) is 0.726. The number of hydrogen-bond acceptors (Lipinski definition) is 5. The molecule has 0 radical (unpaired) electrons. The first-order valence-electron chi connectivity index (χ1n) is 11.3. The predicted octanol–water partition coefficient (Wildman–Crippen LogP) is 4.76. The molecule has 0 unspecified atom stereocenters. The zero-order valence-corrected chi connectivity index (χ0v) is 21.0. The van der Waals surface area contributed by atoms with Crippen molar-refractivity contribution < 1.29 is 13.2 Å². The topological polar surface area (TPSA) is 63.9 Å². The Morgan fingerprint density at radius 3 is 2.48 bits per heavy atom. The van der Waals surface area contributed by atoms with Crippen LogP contribution in [0, 0.1) is 11.8 Å². The molecule has 2 aromatic carbocycles. The Balaban J connectivity index is 1.73. The summed E-state index contributed by atoms with van der Waals surface area (Å²) in [6, 6.07) is 17.1. The van der Waals surface area contributed by atoms with Crippen LogP contribution >= 0.6 is 11.3 Å². The number of ether oxygens (including phenoxy) is 1. The van der Waals surface area contributed by atoms with Crippen LogP contribution in [0.1, 0.15) is 20.3 Å². The Bertz CT molecular complexity index is 1240. The molecular formula is C25H31N3O3S2. The van der Waals surface area contributed by atoms with Crippen molar-refractivity contribution >= 4 is 27.0 Å². The van der Waals surface area contributed by atoms with Crippen LogP contribution in [-0.4, -0.2) is 44.1 Å². The first kappa shape index (κ1) is 23.9. The summed E-state index contributed by atoms with van der Waals surface area (Å²) < 4.78 is 36.0. The number of methoxy groups -OCH3 is 1. The van der Waals surface area contributed by atoms with Gasteiger partial charge in [0, 0.05) is 37.7 Å². The average Bonchev–Trinajstić information content (AvgIpc) is 3.20. The van der Waals surface area contributed by atoms with Crippen molar-refractivity contribution in [3.05, 3.63) is 64.8 Å². The molecule has 33 heavy (non-hydrogen) atoms. The molecule has 0 aliphatic carbocycles. The summed E-state index contributed by atoms with van der Waals surface area (Å²) >= 11 is 1.54. The number of rotatable bonds is 7. The van der Waals surface area contributed by atoms with E-state index >= 15 is 0 Å². The highest BCUT2D eigenvalue weighted by molar-refractivity contribution is 7.89. The average molecular weight is 486 g/mol. The van der Waals surface area contributed by atoms with E-state index in [1.807, 2.05) is 47.8 Å². The van der Waals surface area contributed by atoms with E-state index in [1.54, 1.807) is 23.5 Å². The Labute approximate surface area is 200 Å². The molecule has 0 N–H and O–H groups in total. The third-order valence-corrected chi connectivity index (χ3v) is 8.59. The minimum absolute atomic E-state index is 0.340. The van der Waals surface area contributed by atoms with E-state index in [-0.39, 0.29) is 0 Å². The van der Waals surface area contributed by atoms with Crippen molar-refractivity contribution in [2.75, 3.05) is 26.8 Å². The van der Waals surface area contributed by atoms with Crippen LogP contribution in [-0.2, 0) is 21.3 Å². The van der Waals surface area contributed by atoms with E-state index in [9.17, 15) is 8.42 Å². The van der Waals surface area contributed by atoms with Crippen LogP contribution in [0.2, 0.25) is 0 Å². The lowest BCUT2D eigenvalue weighted by Gasteiger charge is -2.34. The lowest BCUT2D eigenvalue weighted by molar-refractivity contribution is 0.187. The number of piperidine rings is 1. The normalized spacial score (nSPS) is 20.3. The van der Waals surface area contributed by atoms with E-state index in [0.29, 0.717) is 43.0 Å². The molecule has 1 fully saturated rings. The van der Waals surface area contributed by atoms with Gasteiger partial charge in [-0.05, 0) is 42.5 Å². The fourth-order valence-electron chi connectivity index (χ4n) is 4.43. The SMILES string of the molecule is COCCn1c(-c2cccc(S(=O)(=O)N3C[C@@H](C)C[C@H](C)C3)c2)csc1=Nc1ccccc1. The summed E-state index contributed by atoms with van der Waals surface area (Å²) in [5.41, 5.74) is 2.67. The first-order valence-corrected chi connectivity index (χ1v) is 13.6. The lowest BCUT2D eigenvalue weighted by atomic mass is 9.94. The van der Waals surface area contributed by atoms with Crippen molar-refractivity contribution in [2.24, 2.45) is 16.8 Å². The van der Waals surface area contributed by atoms with Crippen molar-refractivity contribution in [3.63, 3.8) is 0 Å². The molecule has 6 nitrogen and oxygen atoms in total. The Hall–Kier alpha value is -2.26. The first-order chi connectivity index (χ1) is 15.9. The molecule has 1 aromatic heterocycles. The fraction of sp³-hybridized carbons (Fsp3) is 0.400. The molecule has 4 rings (SSSR count). The van der Waals surface area contributed by atoms with Crippen LogP contribution in [0.25, 0.3) is 11.3 Å². The summed E-state index contributed by atoms with van der Waals surface area (Å²) in [5, 5.41) is 2.04. The lowest BCUT2D eigenvalue weighted by Crippen LogP contribution is -2.42. The molecule has 176 valence electrons. The van der Waals surface area contributed by atoms with Gasteiger partial charge in [-0.3, -0.25) is 0 Å². The zero-order valence-electron chi connectivity index (χ0n) is 19.3. The fourth-order valence-corrected chi connectivity index (χ4v) is 7.11. The van der Waals surface area contributed by atoms with Gasteiger partial charge in [0.2, 0.25) is 10.0 Å². The third kappa shape index (κ3) is 5.46. The molecule has 1 aliphatic heterocycles. The Morgan fingerprint density at radius 2 is 1.79 bits per heavy atom. The quantitative estimate of drug-likeness (QED) is 0.485. The molecule has 1 aliphatic rings. The molecule has 3 aromatic rings. The largest absolute Gasteiger partial charge is 0.383 e. The summed E-state index contributed by atoms with van der Waals surface area (Å²) in [7, 11) is -1.88. The molecular weight excluding hydrogens is 454 g/mol. The van der Waals surface area contributed by atoms with Gasteiger partial charge >= 0.3 is 0 Å². The summed E-state index contributed by atoms with van der Waals surface area (Å²) in [6.45, 7) is 6.55. The van der Waals surface area contributed by atoms with Crippen molar-refractivity contribution in [2.45, 2.75) is 31.7 Å². The third-order valence-electron chi connectivity index (χ3n) is 5.90. The van der Waals surface area contributed by atoms with Gasteiger partial charge in [0.1, 0.15) is 0 Å². The van der Waals surface area contributed by atoms with Crippen molar-refractivity contribution in [1.82, 2.24) is 8.87 Å². The second-order valence-electron chi connectivity index (χ2n) is 8.79. The molecule has 0 spiro atoms. The van der Waals surface area contributed by atoms with E-state index < -0.39 is 10.0 Å². The number of hydrogen-bond donors (Lipinski definition) is 0. The standard InChI is InChI=1S/C25H31N3O3S2/c1-19-14-20(2)17-27(16-19)33(29,30)23-11-7-8-21(15-23)24-18-32-25(28(24)12-13-31-3)26-22-9-5-4-6-10-22/h4-11,15,18-20H,12-14,16-17H2,1-3H3/t19-,20-/m0/s1. The van der Waals surface area contributed by atoms with Crippen molar-refractivity contribution in [3.8, 4) is 11.3 Å². The van der Waals surface area contributed by atoms with Gasteiger partial charge in [-0.25, -0.2) is 13.4 Å². The van der Waals surface area contributed by atoms with Crippen molar-refractivity contribution in [1.29, 1.82) is 0 Å². The van der Waals surface area contributed by atoms with Crippen LogP contribution in [0.5, 0.6) is 0 Å². The predicted molar refractivity (Wildman–Crippen MR) is 133 cm³/mol. The molecule has 8 heteroatoms. The number of benzene rings is 2. The maximum absolute atomic E-state index is 13.4. The van der Waals surface area contributed by atoms with Crippen LogP contribution in [0.4, 0.5) is 5.69 Å². The van der Waals surface area contributed by atoms with Gasteiger partial charge in [0.15, 0.2) is 4.80 Å². The van der Waals surface area contributed by atoms with Crippen LogP contribution < -0.4 is 4.80 Å². The molecule has 1 saturated heterocycles. The van der Waals surface area contributed by atoms with Gasteiger partial charge in [-0.1, -0.05) is 44.2 Å². The van der Waals surface area contributed by atoms with E-state index in [0.717, 1.165) is 28.2 Å². The van der Waals surface area contributed by atoms with Gasteiger partial charge in [-0.2, -0.15) is 4.31 Å². The maximum Gasteiger partial charge on any atom is 0.243 e. The van der Waals surface area contributed by atoms with Gasteiger partial charge in [0.25, 0.3) is 0 Å². The number of para-hydroxylation sites is 1. The highest BCUT2D eigenvalue weighted by Crippen LogP contribution is 2.29. The Kier molecular flexibility index (Phi) is 7.48. The second-order valence-corrected chi connectivity index (χ2v) is 11.6. The van der Waals surface area contributed by atoms with Gasteiger partial charge < -0.3 is 9.30 Å². The molecule has 2 heterocycles. The second kappa shape index (κ2) is 10.3. The van der Waals surface area contributed by atoms with Gasteiger partial charge in [0.05, 0.1) is 22.9 Å². The van der Waals surface area contributed by atoms with Gasteiger partial charge in [-0.15, -0.1) is 11.3 Å². The number of nitrogens with zero attached hydrogens (tertiary/aromatic N) is 3. The highest BCUT2D eigenvalue weighted by atomic mass is 32.2. The number of aromatic nitrogens is 1. The smallest absolute Gasteiger partial charge is 0.243 e. The maximum atomic E-state index is 13.4. The van der Waals surface area contributed by atoms with Crippen LogP contribution in [0.15, 0.2) is 69.9 Å². The van der Waals surface area contributed by atoms with E-state index in [2.05, 4.69) is 18.4 Å². The molecule has 0 amide bonds. The number of thiazole rings is 1.